The van der Waals surface area contributed by atoms with Gasteiger partial charge in [-0.15, -0.1) is 0 Å². The summed E-state index contributed by atoms with van der Waals surface area (Å²) in [6, 6.07) is 0. The van der Waals surface area contributed by atoms with Gasteiger partial charge in [-0.2, -0.15) is 0 Å². The van der Waals surface area contributed by atoms with Crippen LogP contribution in [0.1, 0.15) is 19.8 Å². The van der Waals surface area contributed by atoms with Gasteiger partial charge < -0.3 is 9.84 Å². The third-order valence-electron chi connectivity index (χ3n) is 2.04. The number of aromatic hydroxyl groups is 1. The number of nitrogens with zero attached hydrogens (tertiary/aromatic N) is 1. The fourth-order valence-electron chi connectivity index (χ4n) is 1.13. The Kier molecular flexibility index (Phi) is 1.92. The van der Waals surface area contributed by atoms with Crippen molar-refractivity contribution >= 4 is 11.3 Å². The molecule has 2 rings (SSSR count). The van der Waals surface area contributed by atoms with E-state index in [1.807, 2.05) is 0 Å². The van der Waals surface area contributed by atoms with Gasteiger partial charge in [0.1, 0.15) is 6.10 Å². The maximum Gasteiger partial charge on any atom is 0.276 e. The summed E-state index contributed by atoms with van der Waals surface area (Å²) < 4.78 is 5.51. The molecular weight excluding hydrogens is 174 g/mol. The number of thiazole rings is 1. The van der Waals surface area contributed by atoms with Crippen LogP contribution in [-0.2, 0) is 0 Å². The highest BCUT2D eigenvalue weighted by Gasteiger charge is 2.29. The smallest absolute Gasteiger partial charge is 0.276 e. The molecule has 1 aromatic heterocycles. The molecule has 1 unspecified atom stereocenters. The Morgan fingerprint density at radius 1 is 1.75 bits per heavy atom. The minimum absolute atomic E-state index is 0.216. The molecule has 1 saturated carbocycles. The van der Waals surface area contributed by atoms with Crippen LogP contribution in [-0.4, -0.2) is 16.2 Å². The lowest BCUT2D eigenvalue weighted by Gasteiger charge is -2.09. The molecule has 1 aliphatic rings. The van der Waals surface area contributed by atoms with Crippen molar-refractivity contribution in [3.05, 3.63) is 6.20 Å². The summed E-state index contributed by atoms with van der Waals surface area (Å²) in [5, 5.41) is 9.79. The van der Waals surface area contributed by atoms with Gasteiger partial charge in [0.15, 0.2) is 5.06 Å². The van der Waals surface area contributed by atoms with Crippen molar-refractivity contribution in [3.8, 4) is 10.3 Å². The molecule has 1 aromatic rings. The molecule has 1 N–H and O–H groups in total. The Morgan fingerprint density at radius 2 is 2.50 bits per heavy atom. The zero-order chi connectivity index (χ0) is 8.55. The van der Waals surface area contributed by atoms with Crippen molar-refractivity contribution < 1.29 is 9.84 Å². The minimum Gasteiger partial charge on any atom is -0.498 e. The van der Waals surface area contributed by atoms with Crippen molar-refractivity contribution in [1.82, 2.24) is 4.98 Å². The molecule has 4 heteroatoms. The van der Waals surface area contributed by atoms with Gasteiger partial charge in [0, 0.05) is 0 Å². The van der Waals surface area contributed by atoms with Gasteiger partial charge >= 0.3 is 0 Å². The van der Waals surface area contributed by atoms with E-state index in [0.717, 1.165) is 0 Å². The Labute approximate surface area is 75.0 Å². The molecule has 1 atom stereocenters. The normalized spacial score (nSPS) is 19.1. The fourth-order valence-corrected chi connectivity index (χ4v) is 1.72. The van der Waals surface area contributed by atoms with E-state index in [9.17, 15) is 0 Å². The summed E-state index contributed by atoms with van der Waals surface area (Å²) in [5.41, 5.74) is 0. The molecule has 0 spiro atoms. The topological polar surface area (TPSA) is 42.4 Å². The van der Waals surface area contributed by atoms with E-state index in [-0.39, 0.29) is 11.2 Å². The summed E-state index contributed by atoms with van der Waals surface area (Å²) in [6.45, 7) is 2.05. The lowest BCUT2D eigenvalue weighted by atomic mass is 10.3. The fraction of sp³-hybridized carbons (Fsp3) is 0.625. The molecule has 0 aliphatic heterocycles. The van der Waals surface area contributed by atoms with E-state index in [4.69, 9.17) is 9.84 Å². The Bertz CT molecular complexity index is 270. The number of aromatic nitrogens is 1. The van der Waals surface area contributed by atoms with Crippen LogP contribution in [0.2, 0.25) is 0 Å². The minimum atomic E-state index is 0.216. The first-order valence-electron chi connectivity index (χ1n) is 4.07. The molecule has 0 radical (unpaired) electrons. The lowest BCUT2D eigenvalue weighted by Crippen LogP contribution is -2.13. The van der Waals surface area contributed by atoms with E-state index in [0.29, 0.717) is 11.1 Å². The summed E-state index contributed by atoms with van der Waals surface area (Å²) in [5.74, 6) is 0.705. The zero-order valence-corrected chi connectivity index (χ0v) is 7.67. The van der Waals surface area contributed by atoms with Crippen LogP contribution in [0.3, 0.4) is 0 Å². The highest BCUT2D eigenvalue weighted by atomic mass is 32.1. The highest BCUT2D eigenvalue weighted by Crippen LogP contribution is 2.36. The third kappa shape index (κ3) is 1.69. The molecular formula is C8H11NO2S. The zero-order valence-electron chi connectivity index (χ0n) is 6.86. The largest absolute Gasteiger partial charge is 0.498 e. The van der Waals surface area contributed by atoms with Gasteiger partial charge in [-0.1, -0.05) is 0 Å². The maximum atomic E-state index is 9.00. The first-order chi connectivity index (χ1) is 5.75. The van der Waals surface area contributed by atoms with Gasteiger partial charge in [0.25, 0.3) is 5.19 Å². The van der Waals surface area contributed by atoms with Crippen molar-refractivity contribution in [2.24, 2.45) is 5.92 Å². The molecule has 0 aromatic carbocycles. The van der Waals surface area contributed by atoms with Crippen LogP contribution in [0.25, 0.3) is 0 Å². The van der Waals surface area contributed by atoms with Gasteiger partial charge in [-0.3, -0.25) is 0 Å². The summed E-state index contributed by atoms with van der Waals surface area (Å²) in [4.78, 5) is 3.91. The van der Waals surface area contributed by atoms with Gasteiger partial charge in [-0.05, 0) is 37.0 Å². The first kappa shape index (κ1) is 7.86. The number of hydrogen-bond donors (Lipinski definition) is 1. The average molecular weight is 185 g/mol. The second-order valence-corrected chi connectivity index (χ2v) is 4.10. The highest BCUT2D eigenvalue weighted by molar-refractivity contribution is 7.15. The summed E-state index contributed by atoms with van der Waals surface area (Å²) in [7, 11) is 0. The molecule has 1 heterocycles. The van der Waals surface area contributed by atoms with E-state index in [2.05, 4.69) is 11.9 Å². The van der Waals surface area contributed by atoms with Crippen LogP contribution in [0.15, 0.2) is 6.20 Å². The third-order valence-corrected chi connectivity index (χ3v) is 2.74. The van der Waals surface area contributed by atoms with Gasteiger partial charge in [-0.25, -0.2) is 4.98 Å². The van der Waals surface area contributed by atoms with Crippen LogP contribution in [0.4, 0.5) is 0 Å². The van der Waals surface area contributed by atoms with Crippen molar-refractivity contribution in [3.63, 3.8) is 0 Å². The molecule has 1 fully saturated rings. The van der Waals surface area contributed by atoms with Crippen molar-refractivity contribution in [2.45, 2.75) is 25.9 Å². The summed E-state index contributed by atoms with van der Waals surface area (Å²) in [6.07, 6.45) is 4.19. The Balaban J connectivity index is 1.93. The SMILES string of the molecule is CC(Oc1ncc(O)s1)C1CC1. The Hall–Kier alpha value is -0.770. The second-order valence-electron chi connectivity index (χ2n) is 3.12. The quantitative estimate of drug-likeness (QED) is 0.783. The van der Waals surface area contributed by atoms with E-state index < -0.39 is 0 Å². The molecule has 0 amide bonds. The van der Waals surface area contributed by atoms with Gasteiger partial charge in [0.2, 0.25) is 0 Å². The number of rotatable bonds is 3. The van der Waals surface area contributed by atoms with E-state index in [1.165, 1.54) is 30.4 Å². The Morgan fingerprint density at radius 3 is 3.00 bits per heavy atom. The predicted octanol–water partition coefficient (Wildman–Crippen LogP) is 2.03. The van der Waals surface area contributed by atoms with Crippen LogP contribution >= 0.6 is 11.3 Å². The lowest BCUT2D eigenvalue weighted by molar-refractivity contribution is 0.197. The van der Waals surface area contributed by atoms with E-state index >= 15 is 0 Å². The van der Waals surface area contributed by atoms with Crippen LogP contribution in [0.5, 0.6) is 10.3 Å². The monoisotopic (exact) mass is 185 g/mol. The number of ether oxygens (including phenoxy) is 1. The molecule has 3 nitrogen and oxygen atoms in total. The average Bonchev–Trinajstić information content (AvgIpc) is 2.78. The van der Waals surface area contributed by atoms with Crippen LogP contribution in [0, 0.1) is 5.92 Å². The number of hydrogen-bond acceptors (Lipinski definition) is 4. The molecule has 66 valence electrons. The van der Waals surface area contributed by atoms with Crippen LogP contribution < -0.4 is 4.74 Å². The first-order valence-corrected chi connectivity index (χ1v) is 4.89. The van der Waals surface area contributed by atoms with Gasteiger partial charge in [0.05, 0.1) is 6.20 Å². The standard InChI is InChI=1S/C8H11NO2S/c1-5(6-2-3-6)11-8-9-4-7(10)12-8/h4-6,10H,2-3H2,1H3. The second kappa shape index (κ2) is 2.94. The van der Waals surface area contributed by atoms with Crippen molar-refractivity contribution in [1.29, 1.82) is 0 Å². The predicted molar refractivity (Wildman–Crippen MR) is 46.6 cm³/mol. The van der Waals surface area contributed by atoms with E-state index in [1.54, 1.807) is 0 Å². The summed E-state index contributed by atoms with van der Waals surface area (Å²) >= 11 is 1.18. The molecule has 12 heavy (non-hydrogen) atoms. The van der Waals surface area contributed by atoms with Crippen molar-refractivity contribution in [2.75, 3.05) is 0 Å². The molecule has 1 aliphatic carbocycles. The molecule has 0 bridgehead atoms. The maximum absolute atomic E-state index is 9.00. The molecule has 0 saturated heterocycles.